The zero-order chi connectivity index (χ0) is 12.5. The second-order valence-corrected chi connectivity index (χ2v) is 4.63. The summed E-state index contributed by atoms with van der Waals surface area (Å²) >= 11 is 1.40. The van der Waals surface area contributed by atoms with Crippen LogP contribution in [-0.4, -0.2) is 15.2 Å². The van der Waals surface area contributed by atoms with Crippen molar-refractivity contribution in [2.45, 2.75) is 0 Å². The number of hydrogen-bond donors (Lipinski definition) is 3. The van der Waals surface area contributed by atoms with Crippen LogP contribution < -0.4 is 11.3 Å². The molecule has 0 fully saturated rings. The Morgan fingerprint density at radius 1 is 1.17 bits per heavy atom. The van der Waals surface area contributed by atoms with Gasteiger partial charge in [0.05, 0.1) is 5.69 Å². The highest BCUT2D eigenvalue weighted by Crippen LogP contribution is 2.28. The first-order chi connectivity index (χ1) is 8.75. The third-order valence-electron chi connectivity index (χ3n) is 2.59. The van der Waals surface area contributed by atoms with Crippen molar-refractivity contribution in [3.63, 3.8) is 0 Å². The fourth-order valence-corrected chi connectivity index (χ4v) is 2.60. The van der Waals surface area contributed by atoms with Gasteiger partial charge in [-0.15, -0.1) is 11.3 Å². The minimum Gasteiger partial charge on any atom is -0.383 e. The number of aromatic amines is 2. The molecule has 0 aliphatic carbocycles. The average Bonchev–Trinajstić information content (AvgIpc) is 2.98. The summed E-state index contributed by atoms with van der Waals surface area (Å²) in [6, 6.07) is 9.80. The van der Waals surface area contributed by atoms with E-state index in [1.165, 1.54) is 11.3 Å². The molecule has 3 aromatic rings. The smallest absolute Gasteiger partial charge is 0.276 e. The van der Waals surface area contributed by atoms with Crippen LogP contribution >= 0.6 is 11.3 Å². The number of nitrogens with two attached hydrogens (primary N) is 1. The molecule has 0 saturated heterocycles. The number of H-pyrrole nitrogens is 2. The van der Waals surface area contributed by atoms with E-state index in [0.717, 1.165) is 11.3 Å². The summed E-state index contributed by atoms with van der Waals surface area (Å²) in [4.78, 5) is 16.0. The van der Waals surface area contributed by atoms with Gasteiger partial charge in [0.25, 0.3) is 5.56 Å². The largest absolute Gasteiger partial charge is 0.383 e. The third-order valence-corrected chi connectivity index (χ3v) is 3.45. The molecule has 0 atom stereocenters. The van der Waals surface area contributed by atoms with E-state index in [1.807, 2.05) is 35.7 Å². The third kappa shape index (κ3) is 1.72. The lowest BCUT2D eigenvalue weighted by Crippen LogP contribution is -2.02. The molecule has 4 N–H and O–H groups in total. The van der Waals surface area contributed by atoms with Gasteiger partial charge >= 0.3 is 0 Å². The second kappa shape index (κ2) is 4.15. The number of nitrogens with zero attached hydrogens (tertiary/aromatic N) is 1. The van der Waals surface area contributed by atoms with Crippen molar-refractivity contribution < 1.29 is 0 Å². The van der Waals surface area contributed by atoms with E-state index in [-0.39, 0.29) is 5.56 Å². The SMILES string of the molecule is Nc1[nH][nH]c(=O)c1-c1nc(-c2ccccc2)cs1. The van der Waals surface area contributed by atoms with Crippen LogP contribution in [0.5, 0.6) is 0 Å². The van der Waals surface area contributed by atoms with Crippen LogP contribution in [0.1, 0.15) is 0 Å². The van der Waals surface area contributed by atoms with Gasteiger partial charge in [0.15, 0.2) is 0 Å². The minimum atomic E-state index is -0.249. The molecule has 0 aliphatic rings. The Morgan fingerprint density at radius 2 is 1.94 bits per heavy atom. The van der Waals surface area contributed by atoms with E-state index in [4.69, 9.17) is 5.73 Å². The molecule has 1 aromatic carbocycles. The van der Waals surface area contributed by atoms with Crippen LogP contribution in [0.4, 0.5) is 5.82 Å². The molecule has 0 amide bonds. The summed E-state index contributed by atoms with van der Waals surface area (Å²) in [5.41, 5.74) is 7.72. The van der Waals surface area contributed by atoms with Gasteiger partial charge < -0.3 is 5.73 Å². The number of thiazole rings is 1. The van der Waals surface area contributed by atoms with Crippen LogP contribution in [0.25, 0.3) is 21.8 Å². The molecule has 0 aliphatic heterocycles. The van der Waals surface area contributed by atoms with E-state index in [0.29, 0.717) is 16.4 Å². The lowest BCUT2D eigenvalue weighted by Gasteiger charge is -1.94. The van der Waals surface area contributed by atoms with Gasteiger partial charge in [-0.05, 0) is 0 Å². The predicted octanol–water partition coefficient (Wildman–Crippen LogP) is 2.08. The Morgan fingerprint density at radius 3 is 2.61 bits per heavy atom. The zero-order valence-corrected chi connectivity index (χ0v) is 10.1. The van der Waals surface area contributed by atoms with Crippen LogP contribution in [0.2, 0.25) is 0 Å². The van der Waals surface area contributed by atoms with Crippen LogP contribution in [-0.2, 0) is 0 Å². The highest BCUT2D eigenvalue weighted by Gasteiger charge is 2.14. The van der Waals surface area contributed by atoms with Crippen LogP contribution in [0, 0.1) is 0 Å². The van der Waals surface area contributed by atoms with Crippen molar-refractivity contribution in [1.29, 1.82) is 0 Å². The summed E-state index contributed by atoms with van der Waals surface area (Å²) in [6.07, 6.45) is 0. The summed E-state index contributed by atoms with van der Waals surface area (Å²) in [5, 5.41) is 7.57. The van der Waals surface area contributed by atoms with Gasteiger partial charge in [0.1, 0.15) is 16.4 Å². The number of hydrogen-bond acceptors (Lipinski definition) is 4. The average molecular weight is 258 g/mol. The van der Waals surface area contributed by atoms with Gasteiger partial charge in [0, 0.05) is 10.9 Å². The molecule has 3 rings (SSSR count). The van der Waals surface area contributed by atoms with E-state index in [9.17, 15) is 4.79 Å². The molecule has 5 nitrogen and oxygen atoms in total. The fraction of sp³-hybridized carbons (Fsp3) is 0. The van der Waals surface area contributed by atoms with Crippen molar-refractivity contribution in [3.05, 3.63) is 46.1 Å². The number of benzene rings is 1. The number of nitrogens with one attached hydrogen (secondary N) is 2. The molecule has 18 heavy (non-hydrogen) atoms. The lowest BCUT2D eigenvalue weighted by molar-refractivity contribution is 1.06. The predicted molar refractivity (Wildman–Crippen MR) is 72.4 cm³/mol. The molecular formula is C12H10N4OS. The van der Waals surface area contributed by atoms with E-state index in [1.54, 1.807) is 0 Å². The Hall–Kier alpha value is -2.34. The lowest BCUT2D eigenvalue weighted by atomic mass is 10.2. The standard InChI is InChI=1S/C12H10N4OS/c13-10-9(11(17)16-15-10)12-14-8(6-18-12)7-4-2-1-3-5-7/h1-6H,(H4,13,15,16,17). The summed E-state index contributed by atoms with van der Waals surface area (Å²) in [6.45, 7) is 0. The summed E-state index contributed by atoms with van der Waals surface area (Å²) in [7, 11) is 0. The van der Waals surface area contributed by atoms with Crippen molar-refractivity contribution in [2.75, 3.05) is 5.73 Å². The molecular weight excluding hydrogens is 248 g/mol. The highest BCUT2D eigenvalue weighted by atomic mass is 32.1. The van der Waals surface area contributed by atoms with Gasteiger partial charge in [-0.1, -0.05) is 30.3 Å². The quantitative estimate of drug-likeness (QED) is 0.657. The number of aromatic nitrogens is 3. The molecule has 0 unspecified atom stereocenters. The fourth-order valence-electron chi connectivity index (χ4n) is 1.71. The Labute approximate surface area is 106 Å². The summed E-state index contributed by atoms with van der Waals surface area (Å²) < 4.78 is 0. The van der Waals surface area contributed by atoms with E-state index in [2.05, 4.69) is 15.2 Å². The molecule has 90 valence electrons. The van der Waals surface area contributed by atoms with Gasteiger partial charge in [0.2, 0.25) is 0 Å². The van der Waals surface area contributed by atoms with E-state index >= 15 is 0 Å². The van der Waals surface area contributed by atoms with Crippen LogP contribution in [0.3, 0.4) is 0 Å². The van der Waals surface area contributed by atoms with Crippen molar-refractivity contribution >= 4 is 17.2 Å². The Bertz CT molecular complexity index is 726. The first-order valence-electron chi connectivity index (χ1n) is 5.33. The van der Waals surface area contributed by atoms with Crippen LogP contribution in [0.15, 0.2) is 40.5 Å². The number of anilines is 1. The monoisotopic (exact) mass is 258 g/mol. The number of nitrogen functional groups attached to an aromatic ring is 1. The van der Waals surface area contributed by atoms with Gasteiger partial charge in [-0.3, -0.25) is 15.0 Å². The molecule has 0 spiro atoms. The molecule has 2 aromatic heterocycles. The molecule has 0 bridgehead atoms. The first kappa shape index (κ1) is 10.8. The normalized spacial score (nSPS) is 10.7. The maximum atomic E-state index is 11.6. The second-order valence-electron chi connectivity index (χ2n) is 3.77. The highest BCUT2D eigenvalue weighted by molar-refractivity contribution is 7.13. The topological polar surface area (TPSA) is 87.6 Å². The van der Waals surface area contributed by atoms with Crippen molar-refractivity contribution in [1.82, 2.24) is 15.2 Å². The van der Waals surface area contributed by atoms with Crippen molar-refractivity contribution in [3.8, 4) is 21.8 Å². The Balaban J connectivity index is 2.08. The molecule has 0 saturated carbocycles. The molecule has 2 heterocycles. The maximum Gasteiger partial charge on any atom is 0.276 e. The first-order valence-corrected chi connectivity index (χ1v) is 6.21. The molecule has 0 radical (unpaired) electrons. The van der Waals surface area contributed by atoms with Gasteiger partial charge in [-0.2, -0.15) is 0 Å². The van der Waals surface area contributed by atoms with Crippen molar-refractivity contribution in [2.24, 2.45) is 0 Å². The summed E-state index contributed by atoms with van der Waals surface area (Å²) in [5.74, 6) is 0.314. The maximum absolute atomic E-state index is 11.6. The molecule has 6 heteroatoms. The Kier molecular flexibility index (Phi) is 2.49. The zero-order valence-electron chi connectivity index (χ0n) is 9.31. The number of rotatable bonds is 2. The minimum absolute atomic E-state index is 0.249. The van der Waals surface area contributed by atoms with Gasteiger partial charge in [-0.25, -0.2) is 4.98 Å². The van der Waals surface area contributed by atoms with E-state index < -0.39 is 0 Å².